The van der Waals surface area contributed by atoms with Crippen molar-refractivity contribution in [3.8, 4) is 5.75 Å². The lowest BCUT2D eigenvalue weighted by molar-refractivity contribution is -0.121. The van der Waals surface area contributed by atoms with Gasteiger partial charge in [-0.15, -0.1) is 6.58 Å². The molecule has 0 aliphatic carbocycles. The predicted molar refractivity (Wildman–Crippen MR) is 98.8 cm³/mol. The number of allylic oxidation sites excluding steroid dienone is 1. The summed E-state index contributed by atoms with van der Waals surface area (Å²) in [5.74, 6) is 1.13. The maximum Gasteiger partial charge on any atom is 0.321 e. The van der Waals surface area contributed by atoms with E-state index in [0.717, 1.165) is 12.8 Å². The zero-order chi connectivity index (χ0) is 18.1. The molecule has 1 aromatic rings. The van der Waals surface area contributed by atoms with E-state index >= 15 is 0 Å². The molecule has 1 aliphatic rings. The van der Waals surface area contributed by atoms with Crippen molar-refractivity contribution in [2.45, 2.75) is 25.7 Å². The van der Waals surface area contributed by atoms with Crippen LogP contribution in [-0.2, 0) is 4.79 Å². The zero-order valence-electron chi connectivity index (χ0n) is 14.8. The van der Waals surface area contributed by atoms with Crippen LogP contribution in [0.3, 0.4) is 0 Å². The molecule has 0 atom stereocenters. The van der Waals surface area contributed by atoms with E-state index in [1.165, 1.54) is 0 Å². The smallest absolute Gasteiger partial charge is 0.321 e. The maximum atomic E-state index is 12.4. The van der Waals surface area contributed by atoms with E-state index < -0.39 is 0 Å². The Hall–Kier alpha value is -2.50. The number of likely N-dealkylation sites (tertiary alicyclic amines) is 1. The lowest BCUT2D eigenvalue weighted by Gasteiger charge is -2.32. The van der Waals surface area contributed by atoms with E-state index in [1.54, 1.807) is 13.2 Å². The first-order chi connectivity index (χ1) is 12.1. The number of benzene rings is 1. The number of carbonyl (C=O) groups excluding carboxylic acids is 2. The van der Waals surface area contributed by atoms with Gasteiger partial charge in [-0.1, -0.05) is 18.2 Å². The number of ether oxygens (including phenoxy) is 1. The molecular weight excluding hydrogens is 318 g/mol. The van der Waals surface area contributed by atoms with E-state index in [0.29, 0.717) is 49.8 Å². The number of anilines is 1. The van der Waals surface area contributed by atoms with Gasteiger partial charge in [0.25, 0.3) is 0 Å². The summed E-state index contributed by atoms with van der Waals surface area (Å²) >= 11 is 0. The molecule has 0 unspecified atom stereocenters. The Morgan fingerprint density at radius 3 is 2.72 bits per heavy atom. The van der Waals surface area contributed by atoms with Gasteiger partial charge in [-0.25, -0.2) is 4.79 Å². The molecule has 1 aliphatic heterocycles. The van der Waals surface area contributed by atoms with Crippen molar-refractivity contribution in [1.82, 2.24) is 10.2 Å². The molecule has 1 saturated heterocycles. The van der Waals surface area contributed by atoms with Crippen LogP contribution >= 0.6 is 0 Å². The molecule has 0 saturated carbocycles. The number of hydrogen-bond acceptors (Lipinski definition) is 3. The standard InChI is InChI=1S/C19H27N3O3/c1-3-4-9-18(23)20-14-15-10-12-22(13-11-15)19(24)21-16-7-5-6-8-17(16)25-2/h3,5-8,15H,1,4,9-14H2,2H3,(H,20,23)(H,21,24). The summed E-state index contributed by atoms with van der Waals surface area (Å²) < 4.78 is 5.25. The van der Waals surface area contributed by atoms with Crippen LogP contribution in [0.15, 0.2) is 36.9 Å². The maximum absolute atomic E-state index is 12.4. The summed E-state index contributed by atoms with van der Waals surface area (Å²) in [6.45, 7) is 5.67. The molecule has 25 heavy (non-hydrogen) atoms. The molecule has 0 spiro atoms. The molecule has 1 fully saturated rings. The highest BCUT2D eigenvalue weighted by Crippen LogP contribution is 2.24. The molecule has 6 nitrogen and oxygen atoms in total. The van der Waals surface area contributed by atoms with Gasteiger partial charge in [0.2, 0.25) is 5.91 Å². The average Bonchev–Trinajstić information content (AvgIpc) is 2.65. The number of piperidine rings is 1. The number of para-hydroxylation sites is 2. The van der Waals surface area contributed by atoms with E-state index in [1.807, 2.05) is 29.2 Å². The quantitative estimate of drug-likeness (QED) is 0.746. The third kappa shape index (κ3) is 5.81. The van der Waals surface area contributed by atoms with Crippen LogP contribution in [0.2, 0.25) is 0 Å². The van der Waals surface area contributed by atoms with E-state index in [2.05, 4.69) is 17.2 Å². The molecule has 2 N–H and O–H groups in total. The Morgan fingerprint density at radius 1 is 1.32 bits per heavy atom. The van der Waals surface area contributed by atoms with Crippen LogP contribution in [0.25, 0.3) is 0 Å². The van der Waals surface area contributed by atoms with E-state index in [-0.39, 0.29) is 11.9 Å². The molecule has 136 valence electrons. The first kappa shape index (κ1) is 18.8. The Morgan fingerprint density at radius 2 is 2.04 bits per heavy atom. The summed E-state index contributed by atoms with van der Waals surface area (Å²) in [5, 5.41) is 5.87. The fourth-order valence-electron chi connectivity index (χ4n) is 2.86. The van der Waals surface area contributed by atoms with Crippen LogP contribution in [0, 0.1) is 5.92 Å². The minimum Gasteiger partial charge on any atom is -0.495 e. The van der Waals surface area contributed by atoms with Crippen LogP contribution in [0.1, 0.15) is 25.7 Å². The largest absolute Gasteiger partial charge is 0.495 e. The third-order valence-corrected chi connectivity index (χ3v) is 4.41. The summed E-state index contributed by atoms with van der Waals surface area (Å²) in [5.41, 5.74) is 0.673. The van der Waals surface area contributed by atoms with E-state index in [4.69, 9.17) is 4.74 Å². The first-order valence-electron chi connectivity index (χ1n) is 8.70. The third-order valence-electron chi connectivity index (χ3n) is 4.41. The van der Waals surface area contributed by atoms with Crippen molar-refractivity contribution in [3.05, 3.63) is 36.9 Å². The summed E-state index contributed by atoms with van der Waals surface area (Å²) in [6, 6.07) is 7.25. The number of methoxy groups -OCH3 is 1. The molecule has 6 heteroatoms. The van der Waals surface area contributed by atoms with E-state index in [9.17, 15) is 9.59 Å². The molecule has 3 amide bonds. The van der Waals surface area contributed by atoms with Crippen molar-refractivity contribution >= 4 is 17.6 Å². The molecule has 1 heterocycles. The Kier molecular flexibility index (Phi) is 7.32. The van der Waals surface area contributed by atoms with Crippen molar-refractivity contribution in [2.24, 2.45) is 5.92 Å². The number of rotatable bonds is 7. The van der Waals surface area contributed by atoms with Gasteiger partial charge < -0.3 is 20.3 Å². The van der Waals surface area contributed by atoms with Gasteiger partial charge in [0.15, 0.2) is 0 Å². The molecular formula is C19H27N3O3. The highest BCUT2D eigenvalue weighted by Gasteiger charge is 2.23. The van der Waals surface area contributed by atoms with Gasteiger partial charge >= 0.3 is 6.03 Å². The lowest BCUT2D eigenvalue weighted by atomic mass is 9.97. The molecule has 0 aromatic heterocycles. The van der Waals surface area contributed by atoms with Gasteiger partial charge in [-0.3, -0.25) is 4.79 Å². The number of carbonyl (C=O) groups is 2. The summed E-state index contributed by atoms with van der Waals surface area (Å²) in [4.78, 5) is 25.9. The topological polar surface area (TPSA) is 70.7 Å². The van der Waals surface area contributed by atoms with Crippen molar-refractivity contribution in [1.29, 1.82) is 0 Å². The van der Waals surface area contributed by atoms with Gasteiger partial charge in [-0.05, 0) is 37.3 Å². The lowest BCUT2D eigenvalue weighted by Crippen LogP contribution is -2.43. The minimum absolute atomic E-state index is 0.0660. The summed E-state index contributed by atoms with van der Waals surface area (Å²) in [7, 11) is 1.58. The van der Waals surface area contributed by atoms with Crippen molar-refractivity contribution in [2.75, 3.05) is 32.1 Å². The Balaban J connectivity index is 1.75. The SMILES string of the molecule is C=CCCC(=O)NCC1CCN(C(=O)Nc2ccccc2OC)CC1. The van der Waals surface area contributed by atoms with Gasteiger partial charge in [-0.2, -0.15) is 0 Å². The Labute approximate surface area is 149 Å². The second-order valence-electron chi connectivity index (χ2n) is 6.19. The fourth-order valence-corrected chi connectivity index (χ4v) is 2.86. The molecule has 0 radical (unpaired) electrons. The zero-order valence-corrected chi connectivity index (χ0v) is 14.8. The molecule has 2 rings (SSSR count). The number of amides is 3. The number of nitrogens with one attached hydrogen (secondary N) is 2. The minimum atomic E-state index is -0.113. The van der Waals surface area contributed by atoms with Gasteiger partial charge in [0.05, 0.1) is 12.8 Å². The normalized spacial score (nSPS) is 14.7. The van der Waals surface area contributed by atoms with Crippen LogP contribution < -0.4 is 15.4 Å². The van der Waals surface area contributed by atoms with Crippen molar-refractivity contribution < 1.29 is 14.3 Å². The number of nitrogens with zero attached hydrogens (tertiary/aromatic N) is 1. The molecule has 1 aromatic carbocycles. The van der Waals surface area contributed by atoms with Crippen LogP contribution in [0.5, 0.6) is 5.75 Å². The average molecular weight is 345 g/mol. The highest BCUT2D eigenvalue weighted by atomic mass is 16.5. The van der Waals surface area contributed by atoms with Crippen LogP contribution in [0.4, 0.5) is 10.5 Å². The predicted octanol–water partition coefficient (Wildman–Crippen LogP) is 3.02. The van der Waals surface area contributed by atoms with Crippen LogP contribution in [-0.4, -0.2) is 43.6 Å². The number of hydrogen-bond donors (Lipinski definition) is 2. The second kappa shape index (κ2) is 9.71. The Bertz CT molecular complexity index is 595. The summed E-state index contributed by atoms with van der Waals surface area (Å²) in [6.07, 6.45) is 4.72. The number of urea groups is 1. The van der Waals surface area contributed by atoms with Gasteiger partial charge in [0, 0.05) is 26.1 Å². The fraction of sp³-hybridized carbons (Fsp3) is 0.474. The monoisotopic (exact) mass is 345 g/mol. The molecule has 0 bridgehead atoms. The van der Waals surface area contributed by atoms with Gasteiger partial charge in [0.1, 0.15) is 5.75 Å². The highest BCUT2D eigenvalue weighted by molar-refractivity contribution is 5.91. The second-order valence-corrected chi connectivity index (χ2v) is 6.19. The first-order valence-corrected chi connectivity index (χ1v) is 8.70. The van der Waals surface area contributed by atoms with Crippen molar-refractivity contribution in [3.63, 3.8) is 0 Å².